The van der Waals surface area contributed by atoms with Crippen LogP contribution in [-0.4, -0.2) is 44.6 Å². The average molecular weight is 318 g/mol. The summed E-state index contributed by atoms with van der Waals surface area (Å²) in [5.74, 6) is -0.423. The summed E-state index contributed by atoms with van der Waals surface area (Å²) in [5.41, 5.74) is 1.79. The lowest BCUT2D eigenvalue weighted by atomic mass is 9.80. The Morgan fingerprint density at radius 2 is 2.26 bits per heavy atom. The van der Waals surface area contributed by atoms with Crippen LogP contribution in [0.5, 0.6) is 0 Å². The molecular weight excluding hydrogens is 296 g/mol. The average Bonchev–Trinajstić information content (AvgIpc) is 2.78. The van der Waals surface area contributed by atoms with E-state index in [-0.39, 0.29) is 0 Å². The van der Waals surface area contributed by atoms with Gasteiger partial charge in [-0.2, -0.15) is 5.10 Å². The van der Waals surface area contributed by atoms with Gasteiger partial charge in [0.15, 0.2) is 5.65 Å². The second kappa shape index (κ2) is 5.81. The number of hydrogen-bond donors (Lipinski definition) is 2. The molecule has 0 amide bonds. The molecule has 1 fully saturated rings. The molecule has 1 aliphatic carbocycles. The van der Waals surface area contributed by atoms with Crippen LogP contribution in [0.2, 0.25) is 0 Å². The van der Waals surface area contributed by atoms with Crippen LogP contribution in [0.4, 0.5) is 5.69 Å². The van der Waals surface area contributed by atoms with Gasteiger partial charge >= 0.3 is 5.97 Å². The Labute approximate surface area is 134 Å². The monoisotopic (exact) mass is 318 g/mol. The van der Waals surface area contributed by atoms with Crippen LogP contribution >= 0.6 is 0 Å². The zero-order valence-electron chi connectivity index (χ0n) is 13.7. The van der Waals surface area contributed by atoms with E-state index in [0.29, 0.717) is 30.0 Å². The molecule has 0 bridgehead atoms. The van der Waals surface area contributed by atoms with E-state index in [2.05, 4.69) is 15.4 Å². The summed E-state index contributed by atoms with van der Waals surface area (Å²) >= 11 is 0. The number of nitrogens with one attached hydrogen (secondary N) is 1. The van der Waals surface area contributed by atoms with E-state index in [9.17, 15) is 9.90 Å². The lowest BCUT2D eigenvalue weighted by Gasteiger charge is -2.37. The van der Waals surface area contributed by atoms with Crippen LogP contribution in [0, 0.1) is 6.92 Å². The van der Waals surface area contributed by atoms with Crippen LogP contribution in [0.3, 0.4) is 0 Å². The van der Waals surface area contributed by atoms with Crippen LogP contribution in [0.15, 0.2) is 6.20 Å². The third-order valence-corrected chi connectivity index (χ3v) is 4.40. The van der Waals surface area contributed by atoms with Gasteiger partial charge in [0, 0.05) is 19.8 Å². The Hall–Kier alpha value is -2.15. The van der Waals surface area contributed by atoms with Crippen molar-refractivity contribution >= 4 is 22.7 Å². The van der Waals surface area contributed by atoms with Crippen molar-refractivity contribution in [3.8, 4) is 0 Å². The standard InChI is InChI=1S/C16H22N4O3/c1-4-23-15(21)11-8-17-14-12(10(2)19-20(14)3)13(11)18-9-16(22)6-5-7-16/h8,22H,4-7,9H2,1-3H3,(H,17,18). The number of anilines is 1. The topological polar surface area (TPSA) is 89.3 Å². The van der Waals surface area contributed by atoms with Crippen molar-refractivity contribution in [2.75, 3.05) is 18.5 Å². The molecule has 0 spiro atoms. The Morgan fingerprint density at radius 3 is 2.87 bits per heavy atom. The van der Waals surface area contributed by atoms with E-state index < -0.39 is 11.6 Å². The summed E-state index contributed by atoms with van der Waals surface area (Å²) in [5, 5.41) is 18.8. The number of ether oxygens (including phenoxy) is 1. The quantitative estimate of drug-likeness (QED) is 0.817. The number of pyridine rings is 1. The molecule has 0 saturated heterocycles. The SMILES string of the molecule is CCOC(=O)c1cnc2c(c(C)nn2C)c1NCC1(O)CCC1. The van der Waals surface area contributed by atoms with Crippen molar-refractivity contribution in [1.29, 1.82) is 0 Å². The molecule has 23 heavy (non-hydrogen) atoms. The predicted molar refractivity (Wildman–Crippen MR) is 86.5 cm³/mol. The van der Waals surface area contributed by atoms with Crippen molar-refractivity contribution in [1.82, 2.24) is 14.8 Å². The number of esters is 1. The number of rotatable bonds is 5. The molecule has 0 radical (unpaired) electrons. The number of nitrogens with zero attached hydrogens (tertiary/aromatic N) is 3. The van der Waals surface area contributed by atoms with Crippen molar-refractivity contribution in [3.05, 3.63) is 17.5 Å². The van der Waals surface area contributed by atoms with Gasteiger partial charge in [0.2, 0.25) is 0 Å². The smallest absolute Gasteiger partial charge is 0.341 e. The molecule has 1 aliphatic rings. The van der Waals surface area contributed by atoms with Gasteiger partial charge in [-0.1, -0.05) is 0 Å². The number of aliphatic hydroxyl groups is 1. The van der Waals surface area contributed by atoms with Gasteiger partial charge in [-0.3, -0.25) is 4.68 Å². The first-order valence-electron chi connectivity index (χ1n) is 7.91. The molecule has 0 aliphatic heterocycles. The summed E-state index contributed by atoms with van der Waals surface area (Å²) in [6.07, 6.45) is 4.08. The minimum absolute atomic E-state index is 0.298. The highest BCUT2D eigenvalue weighted by Gasteiger charge is 2.34. The molecule has 0 unspecified atom stereocenters. The number of fused-ring (bicyclic) bond motifs is 1. The summed E-state index contributed by atoms with van der Waals surface area (Å²) in [6.45, 7) is 4.34. The summed E-state index contributed by atoms with van der Waals surface area (Å²) in [7, 11) is 1.82. The molecule has 2 N–H and O–H groups in total. The van der Waals surface area contributed by atoms with Gasteiger partial charge in [0.1, 0.15) is 5.56 Å². The fourth-order valence-electron chi connectivity index (χ4n) is 2.97. The molecule has 2 aromatic heterocycles. The first kappa shape index (κ1) is 15.7. The van der Waals surface area contributed by atoms with Crippen LogP contribution < -0.4 is 5.32 Å². The normalized spacial score (nSPS) is 16.2. The van der Waals surface area contributed by atoms with E-state index in [1.807, 2.05) is 14.0 Å². The van der Waals surface area contributed by atoms with Gasteiger partial charge in [0.25, 0.3) is 0 Å². The third-order valence-electron chi connectivity index (χ3n) is 4.40. The maximum Gasteiger partial charge on any atom is 0.341 e. The maximum atomic E-state index is 12.2. The largest absolute Gasteiger partial charge is 0.462 e. The minimum atomic E-state index is -0.697. The summed E-state index contributed by atoms with van der Waals surface area (Å²) in [6, 6.07) is 0. The summed E-state index contributed by atoms with van der Waals surface area (Å²) < 4.78 is 6.81. The molecular formula is C16H22N4O3. The minimum Gasteiger partial charge on any atom is -0.462 e. The Bertz CT molecular complexity index is 749. The van der Waals surface area contributed by atoms with Crippen LogP contribution in [0.1, 0.15) is 42.2 Å². The number of aromatic nitrogens is 3. The van der Waals surface area contributed by atoms with Crippen LogP contribution in [0.25, 0.3) is 11.0 Å². The molecule has 0 aromatic carbocycles. The highest BCUT2D eigenvalue weighted by molar-refractivity contribution is 6.05. The molecule has 0 atom stereocenters. The van der Waals surface area contributed by atoms with E-state index >= 15 is 0 Å². The van der Waals surface area contributed by atoms with E-state index in [4.69, 9.17) is 4.74 Å². The first-order chi connectivity index (χ1) is 10.9. The Balaban J connectivity index is 2.05. The number of carbonyl (C=O) groups excluding carboxylic acids is 1. The second-order valence-electron chi connectivity index (χ2n) is 6.11. The number of carbonyl (C=O) groups is 1. The third kappa shape index (κ3) is 2.76. The molecule has 124 valence electrons. The van der Waals surface area contributed by atoms with E-state index in [1.54, 1.807) is 11.6 Å². The van der Waals surface area contributed by atoms with Crippen molar-refractivity contribution in [3.63, 3.8) is 0 Å². The fraction of sp³-hybridized carbons (Fsp3) is 0.562. The molecule has 7 nitrogen and oxygen atoms in total. The Kier molecular flexibility index (Phi) is 3.97. The van der Waals surface area contributed by atoms with Crippen molar-refractivity contribution in [2.45, 2.75) is 38.7 Å². The molecule has 7 heteroatoms. The summed E-state index contributed by atoms with van der Waals surface area (Å²) in [4.78, 5) is 16.6. The lowest BCUT2D eigenvalue weighted by Crippen LogP contribution is -2.43. The van der Waals surface area contributed by atoms with Gasteiger partial charge < -0.3 is 15.2 Å². The van der Waals surface area contributed by atoms with E-state index in [1.165, 1.54) is 6.20 Å². The molecule has 2 heterocycles. The maximum absolute atomic E-state index is 12.2. The highest BCUT2D eigenvalue weighted by atomic mass is 16.5. The number of hydrogen-bond acceptors (Lipinski definition) is 6. The molecule has 1 saturated carbocycles. The van der Waals surface area contributed by atoms with Crippen LogP contribution in [-0.2, 0) is 11.8 Å². The van der Waals surface area contributed by atoms with Crippen molar-refractivity contribution < 1.29 is 14.6 Å². The van der Waals surface area contributed by atoms with Gasteiger partial charge in [-0.15, -0.1) is 0 Å². The highest BCUT2D eigenvalue weighted by Crippen LogP contribution is 2.34. The molecule has 2 aromatic rings. The van der Waals surface area contributed by atoms with Gasteiger partial charge in [-0.05, 0) is 33.1 Å². The number of aryl methyl sites for hydroxylation is 2. The predicted octanol–water partition coefficient (Wildman–Crippen LogP) is 1.78. The second-order valence-corrected chi connectivity index (χ2v) is 6.11. The lowest BCUT2D eigenvalue weighted by molar-refractivity contribution is -0.0202. The zero-order valence-corrected chi connectivity index (χ0v) is 13.7. The van der Waals surface area contributed by atoms with Gasteiger partial charge in [0.05, 0.1) is 29.0 Å². The zero-order chi connectivity index (χ0) is 16.6. The van der Waals surface area contributed by atoms with Crippen molar-refractivity contribution in [2.24, 2.45) is 7.05 Å². The first-order valence-corrected chi connectivity index (χ1v) is 7.91. The van der Waals surface area contributed by atoms with Gasteiger partial charge in [-0.25, -0.2) is 9.78 Å². The van der Waals surface area contributed by atoms with E-state index in [0.717, 1.165) is 30.3 Å². The fourth-order valence-corrected chi connectivity index (χ4v) is 2.97. The Morgan fingerprint density at radius 1 is 1.52 bits per heavy atom. The molecule has 3 rings (SSSR count).